The second-order valence-corrected chi connectivity index (χ2v) is 5.40. The van der Waals surface area contributed by atoms with Crippen molar-refractivity contribution in [1.82, 2.24) is 4.98 Å². The zero-order valence-corrected chi connectivity index (χ0v) is 12.3. The van der Waals surface area contributed by atoms with Crippen LogP contribution in [0, 0.1) is 0 Å². The molecule has 0 atom stereocenters. The number of ether oxygens (including phenoxy) is 1. The van der Waals surface area contributed by atoms with Crippen molar-refractivity contribution in [3.63, 3.8) is 0 Å². The van der Waals surface area contributed by atoms with Crippen molar-refractivity contribution in [2.75, 3.05) is 5.73 Å². The Labute approximate surface area is 126 Å². The van der Waals surface area contributed by atoms with Crippen molar-refractivity contribution in [3.8, 4) is 11.5 Å². The summed E-state index contributed by atoms with van der Waals surface area (Å²) >= 11 is 9.40. The lowest BCUT2D eigenvalue weighted by atomic mass is 10.2. The second kappa shape index (κ2) is 4.88. The highest BCUT2D eigenvalue weighted by atomic mass is 79.9. The molecule has 0 aliphatic rings. The summed E-state index contributed by atoms with van der Waals surface area (Å²) in [6, 6.07) is 8.34. The number of oxazole rings is 1. The Hall–Kier alpha value is -1.92. The lowest BCUT2D eigenvalue weighted by Gasteiger charge is -2.10. The van der Waals surface area contributed by atoms with Crippen LogP contribution in [0.25, 0.3) is 11.1 Å². The highest BCUT2D eigenvalue weighted by Crippen LogP contribution is 2.35. The van der Waals surface area contributed by atoms with Crippen molar-refractivity contribution in [3.05, 3.63) is 50.4 Å². The van der Waals surface area contributed by atoms with E-state index in [2.05, 4.69) is 20.9 Å². The summed E-state index contributed by atoms with van der Waals surface area (Å²) in [5.41, 5.74) is 7.10. The fourth-order valence-electron chi connectivity index (χ4n) is 1.76. The summed E-state index contributed by atoms with van der Waals surface area (Å²) in [7, 11) is 0. The summed E-state index contributed by atoms with van der Waals surface area (Å²) in [4.78, 5) is 13.7. The van der Waals surface area contributed by atoms with E-state index in [1.165, 1.54) is 6.07 Å². The van der Waals surface area contributed by atoms with Crippen LogP contribution in [0.2, 0.25) is 5.02 Å². The van der Waals surface area contributed by atoms with Crippen LogP contribution < -0.4 is 16.2 Å². The van der Waals surface area contributed by atoms with Gasteiger partial charge in [0, 0.05) is 16.6 Å². The molecule has 0 spiro atoms. The van der Waals surface area contributed by atoms with Gasteiger partial charge in [-0.3, -0.25) is 4.98 Å². The Morgan fingerprint density at radius 1 is 1.25 bits per heavy atom. The topological polar surface area (TPSA) is 81.2 Å². The molecule has 20 heavy (non-hydrogen) atoms. The zero-order chi connectivity index (χ0) is 14.3. The van der Waals surface area contributed by atoms with Gasteiger partial charge in [0.25, 0.3) is 0 Å². The maximum Gasteiger partial charge on any atom is 0.417 e. The number of aromatic nitrogens is 1. The van der Waals surface area contributed by atoms with Crippen molar-refractivity contribution in [2.24, 2.45) is 0 Å². The van der Waals surface area contributed by atoms with E-state index in [0.717, 1.165) is 4.47 Å². The van der Waals surface area contributed by atoms with Gasteiger partial charge in [-0.1, -0.05) is 27.5 Å². The maximum atomic E-state index is 11.1. The summed E-state index contributed by atoms with van der Waals surface area (Å²) in [5, 5.41) is 0.452. The number of benzene rings is 2. The van der Waals surface area contributed by atoms with E-state index in [-0.39, 0.29) is 0 Å². The number of nitrogens with one attached hydrogen (secondary N) is 1. The molecule has 0 unspecified atom stereocenters. The number of hydrogen-bond donors (Lipinski definition) is 2. The van der Waals surface area contributed by atoms with Gasteiger partial charge < -0.3 is 14.9 Å². The molecule has 3 aromatic rings. The first-order chi connectivity index (χ1) is 9.52. The van der Waals surface area contributed by atoms with Crippen LogP contribution in [0.15, 0.2) is 44.0 Å². The molecule has 5 nitrogen and oxygen atoms in total. The minimum absolute atomic E-state index is 0.344. The first kappa shape index (κ1) is 13.1. The van der Waals surface area contributed by atoms with E-state index in [1.54, 1.807) is 24.3 Å². The average Bonchev–Trinajstić information content (AvgIpc) is 2.73. The van der Waals surface area contributed by atoms with Crippen molar-refractivity contribution >= 4 is 44.3 Å². The number of nitrogen functional groups attached to an aromatic ring is 1. The smallest absolute Gasteiger partial charge is 0.417 e. The Morgan fingerprint density at radius 2 is 2.05 bits per heavy atom. The molecule has 0 amide bonds. The highest BCUT2D eigenvalue weighted by Gasteiger charge is 2.10. The van der Waals surface area contributed by atoms with Crippen molar-refractivity contribution in [2.45, 2.75) is 0 Å². The monoisotopic (exact) mass is 354 g/mol. The minimum Gasteiger partial charge on any atom is -0.454 e. The zero-order valence-electron chi connectivity index (χ0n) is 9.94. The fourth-order valence-corrected chi connectivity index (χ4v) is 2.25. The lowest BCUT2D eigenvalue weighted by molar-refractivity contribution is 0.485. The molecule has 7 heteroatoms. The van der Waals surface area contributed by atoms with Gasteiger partial charge in [-0.05, 0) is 18.2 Å². The van der Waals surface area contributed by atoms with Crippen LogP contribution in [0.1, 0.15) is 0 Å². The van der Waals surface area contributed by atoms with Crippen LogP contribution in [0.3, 0.4) is 0 Å². The Bertz CT molecular complexity index is 856. The van der Waals surface area contributed by atoms with Gasteiger partial charge in [0.2, 0.25) is 0 Å². The van der Waals surface area contributed by atoms with Gasteiger partial charge in [-0.2, -0.15) is 0 Å². The summed E-state index contributed by atoms with van der Waals surface area (Å²) in [6.07, 6.45) is 0. The van der Waals surface area contributed by atoms with E-state index in [9.17, 15) is 4.79 Å². The number of aromatic amines is 1. The Balaban J connectivity index is 2.07. The molecular weight excluding hydrogens is 348 g/mol. The number of fused-ring (bicyclic) bond motifs is 1. The third-order valence-corrected chi connectivity index (χ3v) is 3.47. The molecule has 0 radical (unpaired) electrons. The van der Waals surface area contributed by atoms with E-state index in [4.69, 9.17) is 26.5 Å². The fraction of sp³-hybridized carbons (Fsp3) is 0. The average molecular weight is 356 g/mol. The molecule has 0 fully saturated rings. The van der Waals surface area contributed by atoms with E-state index < -0.39 is 5.76 Å². The predicted octanol–water partition coefficient (Wildman–Crippen LogP) is 3.91. The SMILES string of the molecule is Nc1cc2oc(=O)[nH]c2cc1Oc1cc(Br)ccc1Cl. The van der Waals surface area contributed by atoms with Crippen molar-refractivity contribution in [1.29, 1.82) is 0 Å². The van der Waals surface area contributed by atoms with Gasteiger partial charge >= 0.3 is 5.76 Å². The largest absolute Gasteiger partial charge is 0.454 e. The molecule has 0 saturated carbocycles. The molecule has 2 aromatic carbocycles. The molecule has 3 rings (SSSR count). The van der Waals surface area contributed by atoms with E-state index in [1.807, 2.05) is 0 Å². The molecule has 0 aliphatic heterocycles. The molecule has 0 saturated heterocycles. The predicted molar refractivity (Wildman–Crippen MR) is 80.5 cm³/mol. The van der Waals surface area contributed by atoms with Gasteiger partial charge in [-0.15, -0.1) is 0 Å². The third-order valence-electron chi connectivity index (χ3n) is 2.66. The third kappa shape index (κ3) is 2.39. The standard InChI is InChI=1S/C13H8BrClN2O3/c14-6-1-2-7(15)10(3-6)19-11-5-9-12(4-8(11)16)20-13(18)17-9/h1-5H,16H2,(H,17,18). The van der Waals surface area contributed by atoms with Crippen LogP contribution in [-0.2, 0) is 0 Å². The van der Waals surface area contributed by atoms with Crippen LogP contribution in [0.5, 0.6) is 11.5 Å². The number of H-pyrrole nitrogens is 1. The summed E-state index contributed by atoms with van der Waals surface area (Å²) < 4.78 is 11.4. The first-order valence-electron chi connectivity index (χ1n) is 5.58. The van der Waals surface area contributed by atoms with Crippen LogP contribution >= 0.6 is 27.5 Å². The molecule has 3 N–H and O–H groups in total. The molecule has 102 valence electrons. The molecule has 1 heterocycles. The van der Waals surface area contributed by atoms with Gasteiger partial charge in [-0.25, -0.2) is 4.79 Å². The van der Waals surface area contributed by atoms with Gasteiger partial charge in [0.05, 0.1) is 16.2 Å². The Kier molecular flexibility index (Phi) is 3.19. The molecule has 1 aromatic heterocycles. The quantitative estimate of drug-likeness (QED) is 0.683. The maximum absolute atomic E-state index is 11.1. The highest BCUT2D eigenvalue weighted by molar-refractivity contribution is 9.10. The molecule has 0 bridgehead atoms. The number of anilines is 1. The van der Waals surface area contributed by atoms with E-state index in [0.29, 0.717) is 33.3 Å². The van der Waals surface area contributed by atoms with Gasteiger partial charge in [0.15, 0.2) is 11.3 Å². The Morgan fingerprint density at radius 3 is 2.85 bits per heavy atom. The second-order valence-electron chi connectivity index (χ2n) is 4.08. The normalized spacial score (nSPS) is 10.9. The number of nitrogens with two attached hydrogens (primary N) is 1. The van der Waals surface area contributed by atoms with Gasteiger partial charge in [0.1, 0.15) is 5.75 Å². The molecular formula is C13H8BrClN2O3. The molecule has 0 aliphatic carbocycles. The first-order valence-corrected chi connectivity index (χ1v) is 6.75. The number of rotatable bonds is 2. The summed E-state index contributed by atoms with van der Waals surface area (Å²) in [5.74, 6) is 0.296. The van der Waals surface area contributed by atoms with E-state index >= 15 is 0 Å². The number of halogens is 2. The summed E-state index contributed by atoms with van der Waals surface area (Å²) in [6.45, 7) is 0. The number of hydrogen-bond acceptors (Lipinski definition) is 4. The van der Waals surface area contributed by atoms with Crippen LogP contribution in [0.4, 0.5) is 5.69 Å². The van der Waals surface area contributed by atoms with Crippen LogP contribution in [-0.4, -0.2) is 4.98 Å². The van der Waals surface area contributed by atoms with Crippen molar-refractivity contribution < 1.29 is 9.15 Å². The lowest BCUT2D eigenvalue weighted by Crippen LogP contribution is -1.94. The minimum atomic E-state index is -0.544.